The fourth-order valence-corrected chi connectivity index (χ4v) is 2.14. The van der Waals surface area contributed by atoms with E-state index in [1.165, 1.54) is 0 Å². The average Bonchev–Trinajstić information content (AvgIpc) is 2.19. The third kappa shape index (κ3) is 4.06. The molecule has 0 aliphatic heterocycles. The third-order valence-corrected chi connectivity index (χ3v) is 3.71. The topological polar surface area (TPSA) is 36.9 Å². The maximum Gasteiger partial charge on any atom is 0.159 e. The quantitative estimate of drug-likeness (QED) is 0.447. The molecule has 0 fully saturated rings. The molecule has 0 saturated carbocycles. The predicted octanol–water partition coefficient (Wildman–Crippen LogP) is -0.0565. The second-order valence-corrected chi connectivity index (χ2v) is 5.09. The van der Waals surface area contributed by atoms with Gasteiger partial charge >= 0.3 is 0 Å². The van der Waals surface area contributed by atoms with Crippen LogP contribution >= 0.6 is 0 Å². The van der Waals surface area contributed by atoms with E-state index < -0.39 is 5.41 Å². The maximum atomic E-state index is 5.33. The van der Waals surface area contributed by atoms with Gasteiger partial charge in [-0.1, -0.05) is 6.92 Å². The van der Waals surface area contributed by atoms with Crippen LogP contribution in [0.15, 0.2) is 0 Å². The Hall–Kier alpha value is 0.0569. The van der Waals surface area contributed by atoms with Gasteiger partial charge in [0.2, 0.25) is 0 Å². The van der Waals surface area contributed by atoms with Crippen molar-refractivity contribution < 1.29 is 18.9 Å². The molecule has 0 aromatic heterocycles. The first-order chi connectivity index (χ1) is 6.52. The highest BCUT2D eigenvalue weighted by Gasteiger charge is 2.29. The van der Waals surface area contributed by atoms with Crippen LogP contribution in [0.4, 0.5) is 0 Å². The van der Waals surface area contributed by atoms with E-state index in [2.05, 4.69) is 6.92 Å². The first-order valence-corrected chi connectivity index (χ1v) is 5.69. The molecule has 0 aromatic rings. The van der Waals surface area contributed by atoms with Crippen molar-refractivity contribution in [3.63, 3.8) is 0 Å². The molecule has 14 heavy (non-hydrogen) atoms. The van der Waals surface area contributed by atoms with Crippen LogP contribution in [0.3, 0.4) is 0 Å². The molecule has 0 spiro atoms. The summed E-state index contributed by atoms with van der Waals surface area (Å²) in [5, 5.41) is 0. The number of methoxy groups -OCH3 is 4. The van der Waals surface area contributed by atoms with E-state index in [1.807, 2.05) is 0 Å². The monoisotopic (exact) mass is 222 g/mol. The molecular weight excluding hydrogens is 200 g/mol. The lowest BCUT2D eigenvalue weighted by molar-refractivity contribution is -0.187. The Morgan fingerprint density at radius 1 is 1.07 bits per heavy atom. The van der Waals surface area contributed by atoms with Crippen LogP contribution < -0.4 is 0 Å². The van der Waals surface area contributed by atoms with Gasteiger partial charge in [-0.15, -0.1) is 0 Å². The molecule has 0 heterocycles. The van der Waals surface area contributed by atoms with Gasteiger partial charge in [-0.3, -0.25) is 0 Å². The van der Waals surface area contributed by atoms with Crippen LogP contribution in [0.25, 0.3) is 0 Å². The first kappa shape index (κ1) is 14.1. The first-order valence-electron chi connectivity index (χ1n) is 4.69. The van der Waals surface area contributed by atoms with E-state index in [1.54, 1.807) is 28.4 Å². The van der Waals surface area contributed by atoms with Gasteiger partial charge in [0.15, 0.2) is 6.29 Å². The molecule has 0 radical (unpaired) electrons. The van der Waals surface area contributed by atoms with Crippen LogP contribution in [0.1, 0.15) is 13.3 Å². The second-order valence-electron chi connectivity index (χ2n) is 3.56. The summed E-state index contributed by atoms with van der Waals surface area (Å²) in [4.78, 5) is 0. The Morgan fingerprint density at radius 3 is 1.79 bits per heavy atom. The molecule has 0 rings (SSSR count). The van der Waals surface area contributed by atoms with Crippen molar-refractivity contribution in [2.24, 2.45) is 5.92 Å². The lowest BCUT2D eigenvalue weighted by Gasteiger charge is -2.32. The zero-order chi connectivity index (χ0) is 11.2. The van der Waals surface area contributed by atoms with E-state index in [0.717, 1.165) is 16.7 Å². The van der Waals surface area contributed by atoms with Crippen LogP contribution in [0.5, 0.6) is 0 Å². The van der Waals surface area contributed by atoms with Gasteiger partial charge in [-0.25, -0.2) is 0 Å². The van der Waals surface area contributed by atoms with Gasteiger partial charge < -0.3 is 18.9 Å². The fraction of sp³-hybridized carbons (Fsp3) is 1.00. The lowest BCUT2D eigenvalue weighted by atomic mass is 10.1. The Balaban J connectivity index is 4.20. The van der Waals surface area contributed by atoms with Gasteiger partial charge in [0, 0.05) is 40.8 Å². The van der Waals surface area contributed by atoms with Crippen molar-refractivity contribution >= 4 is 10.2 Å². The summed E-state index contributed by atoms with van der Waals surface area (Å²) < 4.78 is 21.0. The van der Waals surface area contributed by atoms with Gasteiger partial charge in [0.25, 0.3) is 0 Å². The SMILES string of the molecule is COC(OC)C(C)CC([SiH3])(OC)OC. The normalized spacial score (nSPS) is 15.0. The third-order valence-electron chi connectivity index (χ3n) is 2.49. The average molecular weight is 222 g/mol. The molecule has 0 N–H and O–H groups in total. The van der Waals surface area contributed by atoms with Crippen molar-refractivity contribution in [2.45, 2.75) is 25.0 Å². The van der Waals surface area contributed by atoms with Gasteiger partial charge in [-0.05, 0) is 0 Å². The molecule has 0 bridgehead atoms. The molecule has 0 amide bonds. The molecule has 0 saturated heterocycles. The van der Waals surface area contributed by atoms with Gasteiger partial charge in [0.1, 0.15) is 5.41 Å². The van der Waals surface area contributed by atoms with E-state index in [4.69, 9.17) is 18.9 Å². The van der Waals surface area contributed by atoms with Crippen molar-refractivity contribution in [1.29, 1.82) is 0 Å². The lowest BCUT2D eigenvalue weighted by Crippen LogP contribution is -2.39. The molecule has 4 nitrogen and oxygen atoms in total. The molecule has 86 valence electrons. The second kappa shape index (κ2) is 6.52. The minimum absolute atomic E-state index is 0.200. The Kier molecular flexibility index (Phi) is 6.55. The molecule has 1 atom stereocenters. The molecule has 0 aromatic carbocycles. The number of ether oxygens (including phenoxy) is 4. The maximum absolute atomic E-state index is 5.33. The number of hydrogen-bond acceptors (Lipinski definition) is 4. The molecule has 0 aliphatic carbocycles. The van der Waals surface area contributed by atoms with Crippen LogP contribution in [0.2, 0.25) is 0 Å². The summed E-state index contributed by atoms with van der Waals surface area (Å²) in [5.74, 6) is 0.238. The molecule has 5 heteroatoms. The highest BCUT2D eigenvalue weighted by molar-refractivity contribution is 6.13. The summed E-state index contributed by atoms with van der Waals surface area (Å²) in [6.07, 6.45) is 0.576. The zero-order valence-corrected chi connectivity index (χ0v) is 12.0. The minimum atomic E-state index is -0.436. The highest BCUT2D eigenvalue weighted by atomic mass is 28.1. The van der Waals surface area contributed by atoms with Crippen molar-refractivity contribution in [2.75, 3.05) is 28.4 Å². The Bertz CT molecular complexity index is 146. The summed E-state index contributed by atoms with van der Waals surface area (Å²) in [5.41, 5.74) is -0.436. The van der Waals surface area contributed by atoms with Crippen LogP contribution in [-0.4, -0.2) is 50.4 Å². The highest BCUT2D eigenvalue weighted by Crippen LogP contribution is 2.22. The molecular formula is C9H22O4Si. The summed E-state index contributed by atoms with van der Waals surface area (Å²) >= 11 is 0. The fourth-order valence-electron chi connectivity index (χ4n) is 1.49. The van der Waals surface area contributed by atoms with Crippen molar-refractivity contribution in [3.8, 4) is 0 Å². The van der Waals surface area contributed by atoms with Gasteiger partial charge in [-0.2, -0.15) is 0 Å². The van der Waals surface area contributed by atoms with E-state index in [9.17, 15) is 0 Å². The van der Waals surface area contributed by atoms with Crippen LogP contribution in [-0.2, 0) is 18.9 Å². The standard InChI is InChI=1S/C9H22O4Si/c1-7(8(10-2)11-3)6-9(14,12-4)13-5/h7-8H,6H2,1-5,14H3. The largest absolute Gasteiger partial charge is 0.358 e. The Morgan fingerprint density at radius 2 is 1.50 bits per heavy atom. The van der Waals surface area contributed by atoms with Gasteiger partial charge in [0.05, 0.1) is 10.2 Å². The number of hydrogen-bond donors (Lipinski definition) is 0. The number of rotatable bonds is 7. The van der Waals surface area contributed by atoms with Crippen molar-refractivity contribution in [3.05, 3.63) is 0 Å². The summed E-state index contributed by atoms with van der Waals surface area (Å²) in [6, 6.07) is 0. The van der Waals surface area contributed by atoms with Crippen LogP contribution in [0, 0.1) is 5.92 Å². The van der Waals surface area contributed by atoms with E-state index >= 15 is 0 Å². The van der Waals surface area contributed by atoms with E-state index in [-0.39, 0.29) is 12.2 Å². The molecule has 0 aliphatic rings. The molecule has 1 unspecified atom stereocenters. The summed E-state index contributed by atoms with van der Waals surface area (Å²) in [6.45, 7) is 2.06. The van der Waals surface area contributed by atoms with Crippen molar-refractivity contribution in [1.82, 2.24) is 0 Å². The minimum Gasteiger partial charge on any atom is -0.358 e. The summed E-state index contributed by atoms with van der Waals surface area (Å²) in [7, 11) is 7.42. The predicted molar refractivity (Wildman–Crippen MR) is 58.3 cm³/mol. The smallest absolute Gasteiger partial charge is 0.159 e. The van der Waals surface area contributed by atoms with E-state index in [0.29, 0.717) is 0 Å². The Labute approximate surface area is 89.3 Å². The zero-order valence-electron chi connectivity index (χ0n) is 9.99.